The van der Waals surface area contributed by atoms with E-state index in [1.807, 2.05) is 0 Å². The van der Waals surface area contributed by atoms with Gasteiger partial charge in [0.25, 0.3) is 0 Å². The largest absolute Gasteiger partial charge is 0.284 e. The van der Waals surface area contributed by atoms with Gasteiger partial charge in [0.05, 0.1) is 6.26 Å². The topological polar surface area (TPSA) is 46.2 Å². The fourth-order valence-electron chi connectivity index (χ4n) is 0.456. The molecule has 0 saturated heterocycles. The first-order valence-electron chi connectivity index (χ1n) is 2.91. The molecular weight excluding hydrogens is 162 g/mol. The highest BCUT2D eigenvalue weighted by Crippen LogP contribution is 1.89. The fraction of sp³-hybridized carbons (Fsp3) is 0.143. The van der Waals surface area contributed by atoms with E-state index in [9.17, 15) is 8.42 Å². The smallest absolute Gasteiger partial charge is 0.229 e. The molecule has 0 saturated carbocycles. The molecule has 0 aliphatic carbocycles. The molecule has 0 radical (unpaired) electrons. The Labute approximate surface area is 67.2 Å². The van der Waals surface area contributed by atoms with Crippen LogP contribution in [0.2, 0.25) is 0 Å². The molecule has 0 aromatic carbocycles. The van der Waals surface area contributed by atoms with Crippen LogP contribution in [0.15, 0.2) is 37.1 Å². The van der Waals surface area contributed by atoms with Crippen molar-refractivity contribution in [3.05, 3.63) is 37.1 Å². The number of nitrogens with one attached hydrogen (secondary N) is 1. The molecule has 0 fully saturated rings. The van der Waals surface area contributed by atoms with Crippen LogP contribution in [-0.2, 0) is 10.0 Å². The Balaban J connectivity index is 4.10. The summed E-state index contributed by atoms with van der Waals surface area (Å²) in [6.45, 7) is 6.88. The maximum absolute atomic E-state index is 10.6. The lowest BCUT2D eigenvalue weighted by molar-refractivity contribution is 0.595. The molecule has 0 amide bonds. The summed E-state index contributed by atoms with van der Waals surface area (Å²) in [4.78, 5) is 0. The second-order valence-corrected chi connectivity index (χ2v) is 3.74. The van der Waals surface area contributed by atoms with Crippen molar-refractivity contribution in [1.29, 1.82) is 0 Å². The molecule has 0 spiro atoms. The second kappa shape index (κ2) is 3.98. The highest BCUT2D eigenvalue weighted by molar-refractivity contribution is 7.88. The molecule has 3 nitrogen and oxygen atoms in total. The SMILES string of the molecule is C=C/C=C\C(=C)NS(C)(=O)=O. The van der Waals surface area contributed by atoms with Crippen LogP contribution in [0.3, 0.4) is 0 Å². The molecule has 1 N–H and O–H groups in total. The Hall–Kier alpha value is -1.03. The van der Waals surface area contributed by atoms with Crippen LogP contribution < -0.4 is 4.72 Å². The number of rotatable bonds is 4. The van der Waals surface area contributed by atoms with Crippen molar-refractivity contribution in [3.63, 3.8) is 0 Å². The van der Waals surface area contributed by atoms with Crippen molar-refractivity contribution < 1.29 is 8.42 Å². The van der Waals surface area contributed by atoms with Gasteiger partial charge in [0, 0.05) is 5.70 Å². The Morgan fingerprint density at radius 2 is 2.09 bits per heavy atom. The summed E-state index contributed by atoms with van der Waals surface area (Å²) in [5.41, 5.74) is 0.326. The average Bonchev–Trinajstić information content (AvgIpc) is 1.79. The van der Waals surface area contributed by atoms with E-state index >= 15 is 0 Å². The van der Waals surface area contributed by atoms with Crippen molar-refractivity contribution >= 4 is 10.0 Å². The number of hydrogen-bond acceptors (Lipinski definition) is 2. The van der Waals surface area contributed by atoms with Crippen molar-refractivity contribution in [3.8, 4) is 0 Å². The van der Waals surface area contributed by atoms with Gasteiger partial charge >= 0.3 is 0 Å². The number of allylic oxidation sites excluding steroid dienone is 3. The molecule has 0 bridgehead atoms. The minimum absolute atomic E-state index is 0.326. The molecule has 11 heavy (non-hydrogen) atoms. The van der Waals surface area contributed by atoms with E-state index in [-0.39, 0.29) is 0 Å². The van der Waals surface area contributed by atoms with E-state index in [4.69, 9.17) is 0 Å². The van der Waals surface area contributed by atoms with Crippen molar-refractivity contribution in [1.82, 2.24) is 4.72 Å². The lowest BCUT2D eigenvalue weighted by Crippen LogP contribution is -2.19. The zero-order valence-electron chi connectivity index (χ0n) is 6.37. The second-order valence-electron chi connectivity index (χ2n) is 1.99. The molecule has 0 heterocycles. The molecule has 0 unspecified atom stereocenters. The van der Waals surface area contributed by atoms with Gasteiger partial charge < -0.3 is 0 Å². The van der Waals surface area contributed by atoms with Gasteiger partial charge in [-0.05, 0) is 6.08 Å². The highest BCUT2D eigenvalue weighted by atomic mass is 32.2. The summed E-state index contributed by atoms with van der Waals surface area (Å²) in [6, 6.07) is 0. The third-order valence-electron chi connectivity index (χ3n) is 0.750. The van der Waals surface area contributed by atoms with Gasteiger partial charge in [0.2, 0.25) is 10.0 Å². The summed E-state index contributed by atoms with van der Waals surface area (Å²) in [5.74, 6) is 0. The van der Waals surface area contributed by atoms with Crippen LogP contribution in [0.25, 0.3) is 0 Å². The normalized spacial score (nSPS) is 11.4. The van der Waals surface area contributed by atoms with Crippen LogP contribution >= 0.6 is 0 Å². The van der Waals surface area contributed by atoms with Gasteiger partial charge in [-0.3, -0.25) is 4.72 Å². The van der Waals surface area contributed by atoms with Crippen LogP contribution in [0, 0.1) is 0 Å². The van der Waals surface area contributed by atoms with Crippen molar-refractivity contribution in [2.75, 3.05) is 6.26 Å². The molecule has 0 rings (SSSR count). The van der Waals surface area contributed by atoms with E-state index in [1.54, 1.807) is 6.08 Å². The fourth-order valence-corrected chi connectivity index (χ4v) is 1.00. The van der Waals surface area contributed by atoms with Crippen LogP contribution in [0.4, 0.5) is 0 Å². The molecule has 0 aliphatic rings. The highest BCUT2D eigenvalue weighted by Gasteiger charge is 1.97. The summed E-state index contributed by atoms with van der Waals surface area (Å²) in [6.07, 6.45) is 5.73. The Kier molecular flexibility index (Phi) is 3.60. The number of sulfonamides is 1. The maximum Gasteiger partial charge on any atom is 0.229 e. The Bertz CT molecular complexity index is 275. The van der Waals surface area contributed by atoms with Gasteiger partial charge in [-0.1, -0.05) is 25.3 Å². The van der Waals surface area contributed by atoms with Gasteiger partial charge in [0.15, 0.2) is 0 Å². The van der Waals surface area contributed by atoms with E-state index < -0.39 is 10.0 Å². The number of hydrogen-bond donors (Lipinski definition) is 1. The van der Waals surface area contributed by atoms with Gasteiger partial charge in [0.1, 0.15) is 0 Å². The minimum Gasteiger partial charge on any atom is -0.284 e. The zero-order chi connectivity index (χ0) is 8.91. The summed E-state index contributed by atoms with van der Waals surface area (Å²) in [7, 11) is -3.19. The van der Waals surface area contributed by atoms with E-state index in [2.05, 4.69) is 17.9 Å². The predicted molar refractivity (Wildman–Crippen MR) is 46.5 cm³/mol. The summed E-state index contributed by atoms with van der Waals surface area (Å²) >= 11 is 0. The molecule has 0 aromatic heterocycles. The van der Waals surface area contributed by atoms with Crippen molar-refractivity contribution in [2.24, 2.45) is 0 Å². The molecule has 4 heteroatoms. The van der Waals surface area contributed by atoms with Crippen LogP contribution in [-0.4, -0.2) is 14.7 Å². The average molecular weight is 173 g/mol. The van der Waals surface area contributed by atoms with E-state index in [0.717, 1.165) is 6.26 Å². The molecular formula is C7H11NO2S. The lowest BCUT2D eigenvalue weighted by Gasteiger charge is -2.00. The van der Waals surface area contributed by atoms with Crippen LogP contribution in [0.5, 0.6) is 0 Å². The maximum atomic E-state index is 10.6. The van der Waals surface area contributed by atoms with Crippen LogP contribution in [0.1, 0.15) is 0 Å². The monoisotopic (exact) mass is 173 g/mol. The summed E-state index contributed by atoms with van der Waals surface area (Å²) in [5, 5.41) is 0. The Morgan fingerprint density at radius 3 is 2.45 bits per heavy atom. The first-order chi connectivity index (χ1) is 4.95. The zero-order valence-corrected chi connectivity index (χ0v) is 7.19. The standard InChI is InChI=1S/C7H11NO2S/c1-4-5-6-7(2)8-11(3,9)10/h4-6,8H,1-2H2,3H3/b6-5-. The lowest BCUT2D eigenvalue weighted by atomic mass is 10.4. The summed E-state index contributed by atoms with van der Waals surface area (Å²) < 4.78 is 23.3. The van der Waals surface area contributed by atoms with Crippen molar-refractivity contribution in [2.45, 2.75) is 0 Å². The van der Waals surface area contributed by atoms with Gasteiger partial charge in [-0.2, -0.15) is 0 Å². The third kappa shape index (κ3) is 6.86. The first kappa shape index (κ1) is 9.97. The Morgan fingerprint density at radius 1 is 1.55 bits per heavy atom. The van der Waals surface area contributed by atoms with E-state index in [1.165, 1.54) is 12.2 Å². The quantitative estimate of drug-likeness (QED) is 0.639. The first-order valence-corrected chi connectivity index (χ1v) is 4.80. The minimum atomic E-state index is -3.19. The predicted octanol–water partition coefficient (Wildman–Crippen LogP) is 0.792. The van der Waals surface area contributed by atoms with Gasteiger partial charge in [-0.25, -0.2) is 8.42 Å². The molecule has 0 atom stereocenters. The molecule has 62 valence electrons. The van der Waals surface area contributed by atoms with Gasteiger partial charge in [-0.15, -0.1) is 0 Å². The molecule has 0 aliphatic heterocycles. The molecule has 0 aromatic rings. The van der Waals surface area contributed by atoms with E-state index in [0.29, 0.717) is 5.70 Å². The third-order valence-corrected chi connectivity index (χ3v) is 1.38.